The highest BCUT2D eigenvalue weighted by atomic mass is 16.4. The highest BCUT2D eigenvalue weighted by Crippen LogP contribution is 2.47. The number of hydrogen-bond donors (Lipinski definition) is 1. The number of imide groups is 1. The Bertz CT molecular complexity index is 512. The van der Waals surface area contributed by atoms with Gasteiger partial charge in [0.1, 0.15) is 5.76 Å². The molecule has 88 valence electrons. The normalized spacial score (nSPS) is 26.2. The molecule has 1 aliphatic heterocycles. The van der Waals surface area contributed by atoms with E-state index in [1.54, 1.807) is 0 Å². The molecule has 1 aromatic heterocycles. The molecule has 2 unspecified atom stereocenters. The summed E-state index contributed by atoms with van der Waals surface area (Å²) in [5.74, 6) is -1.68. The molecule has 1 N–H and O–H groups in total. The average Bonchev–Trinajstić information content (AvgIpc) is 2.88. The van der Waals surface area contributed by atoms with Crippen LogP contribution in [0, 0.1) is 11.8 Å². The molecule has 1 saturated carbocycles. The summed E-state index contributed by atoms with van der Waals surface area (Å²) < 4.78 is 5.01. The van der Waals surface area contributed by atoms with E-state index in [0.717, 1.165) is 4.90 Å². The number of carboxylic acids is 1. The third-order valence-corrected chi connectivity index (χ3v) is 3.14. The number of fused-ring (bicyclic) bond motifs is 1. The maximum Gasteiger partial charge on any atom is 0.371 e. The number of amides is 2. The molecule has 1 aliphatic carbocycles. The van der Waals surface area contributed by atoms with E-state index < -0.39 is 5.97 Å². The van der Waals surface area contributed by atoms with Crippen molar-refractivity contribution in [3.8, 4) is 0 Å². The Morgan fingerprint density at radius 3 is 2.53 bits per heavy atom. The Hall–Kier alpha value is -2.11. The van der Waals surface area contributed by atoms with Gasteiger partial charge in [0, 0.05) is 0 Å². The van der Waals surface area contributed by atoms with Gasteiger partial charge in [-0.15, -0.1) is 0 Å². The van der Waals surface area contributed by atoms with Gasteiger partial charge in [-0.3, -0.25) is 14.5 Å². The molecule has 2 heterocycles. The van der Waals surface area contributed by atoms with Crippen molar-refractivity contribution >= 4 is 17.8 Å². The van der Waals surface area contributed by atoms with Crippen molar-refractivity contribution in [2.24, 2.45) is 11.8 Å². The predicted molar refractivity (Wildman–Crippen MR) is 52.8 cm³/mol. The molecular weight excluding hydrogens is 226 g/mol. The first kappa shape index (κ1) is 10.1. The summed E-state index contributed by atoms with van der Waals surface area (Å²) in [7, 11) is 0. The van der Waals surface area contributed by atoms with E-state index in [4.69, 9.17) is 9.52 Å². The number of rotatable bonds is 3. The van der Waals surface area contributed by atoms with Crippen LogP contribution in [0.25, 0.3) is 0 Å². The zero-order valence-electron chi connectivity index (χ0n) is 8.75. The van der Waals surface area contributed by atoms with Gasteiger partial charge in [0.05, 0.1) is 18.4 Å². The zero-order chi connectivity index (χ0) is 12.2. The van der Waals surface area contributed by atoms with Gasteiger partial charge >= 0.3 is 5.97 Å². The van der Waals surface area contributed by atoms with E-state index in [9.17, 15) is 14.4 Å². The van der Waals surface area contributed by atoms with Crippen LogP contribution in [0.3, 0.4) is 0 Å². The average molecular weight is 235 g/mol. The maximum absolute atomic E-state index is 11.6. The molecule has 0 spiro atoms. The summed E-state index contributed by atoms with van der Waals surface area (Å²) in [6.07, 6.45) is 0.659. The topological polar surface area (TPSA) is 87.8 Å². The van der Waals surface area contributed by atoms with Crippen LogP contribution >= 0.6 is 0 Å². The molecule has 0 bridgehead atoms. The van der Waals surface area contributed by atoms with Crippen LogP contribution in [0.5, 0.6) is 0 Å². The van der Waals surface area contributed by atoms with Gasteiger partial charge in [-0.25, -0.2) is 4.79 Å². The van der Waals surface area contributed by atoms with Gasteiger partial charge in [-0.1, -0.05) is 0 Å². The fourth-order valence-corrected chi connectivity index (χ4v) is 2.14. The lowest BCUT2D eigenvalue weighted by atomic mass is 10.3. The molecular formula is C11H9NO5. The lowest BCUT2D eigenvalue weighted by Gasteiger charge is -2.14. The third-order valence-electron chi connectivity index (χ3n) is 3.14. The van der Waals surface area contributed by atoms with Crippen molar-refractivity contribution in [2.45, 2.75) is 13.0 Å². The molecule has 2 fully saturated rings. The molecule has 2 aliphatic rings. The Morgan fingerprint density at radius 1 is 1.35 bits per heavy atom. The first-order valence-corrected chi connectivity index (χ1v) is 5.25. The van der Waals surface area contributed by atoms with E-state index in [1.807, 2.05) is 0 Å². The van der Waals surface area contributed by atoms with Crippen LogP contribution in [0.2, 0.25) is 0 Å². The Balaban J connectivity index is 1.76. The number of nitrogens with zero attached hydrogens (tertiary/aromatic N) is 1. The predicted octanol–water partition coefficient (Wildman–Crippen LogP) is 0.483. The van der Waals surface area contributed by atoms with E-state index in [2.05, 4.69) is 0 Å². The fraction of sp³-hybridized carbons (Fsp3) is 0.364. The number of aromatic carboxylic acids is 1. The highest BCUT2D eigenvalue weighted by Gasteiger charge is 2.58. The smallest absolute Gasteiger partial charge is 0.371 e. The second-order valence-electron chi connectivity index (χ2n) is 4.28. The fourth-order valence-electron chi connectivity index (χ4n) is 2.14. The van der Waals surface area contributed by atoms with E-state index >= 15 is 0 Å². The summed E-state index contributed by atoms with van der Waals surface area (Å²) in [6, 6.07) is 2.78. The minimum absolute atomic E-state index is 0.0257. The first-order chi connectivity index (χ1) is 8.08. The van der Waals surface area contributed by atoms with Crippen molar-refractivity contribution in [3.63, 3.8) is 0 Å². The van der Waals surface area contributed by atoms with Gasteiger partial charge in [0.15, 0.2) is 0 Å². The first-order valence-electron chi connectivity index (χ1n) is 5.25. The molecule has 3 rings (SSSR count). The van der Waals surface area contributed by atoms with E-state index in [1.165, 1.54) is 12.1 Å². The SMILES string of the molecule is O=C(O)c1ccc(CN2C(=O)C3CC3C2=O)o1. The lowest BCUT2D eigenvalue weighted by Crippen LogP contribution is -2.32. The van der Waals surface area contributed by atoms with Crippen molar-refractivity contribution in [1.29, 1.82) is 0 Å². The van der Waals surface area contributed by atoms with E-state index in [-0.39, 0.29) is 36.0 Å². The van der Waals surface area contributed by atoms with Crippen molar-refractivity contribution in [1.82, 2.24) is 4.90 Å². The standard InChI is InChI=1S/C11H9NO5/c13-9-6-3-7(6)10(14)12(9)4-5-1-2-8(17-5)11(15)16/h1-2,6-7H,3-4H2,(H,15,16). The van der Waals surface area contributed by atoms with Gasteiger partial charge in [-0.05, 0) is 18.6 Å². The summed E-state index contributed by atoms with van der Waals surface area (Å²) in [4.78, 5) is 35.0. The van der Waals surface area contributed by atoms with Crippen molar-refractivity contribution in [3.05, 3.63) is 23.7 Å². The summed E-state index contributed by atoms with van der Waals surface area (Å²) >= 11 is 0. The lowest BCUT2D eigenvalue weighted by molar-refractivity contribution is -0.142. The molecule has 17 heavy (non-hydrogen) atoms. The van der Waals surface area contributed by atoms with Crippen molar-refractivity contribution in [2.75, 3.05) is 0 Å². The number of likely N-dealkylation sites (tertiary alicyclic amines) is 1. The molecule has 1 saturated heterocycles. The highest BCUT2D eigenvalue weighted by molar-refractivity contribution is 6.08. The molecule has 1 aromatic rings. The van der Waals surface area contributed by atoms with Crippen LogP contribution in [0.4, 0.5) is 0 Å². The molecule has 0 aromatic carbocycles. The number of carbonyl (C=O) groups is 3. The molecule has 6 heteroatoms. The van der Waals surface area contributed by atoms with Crippen LogP contribution in [-0.4, -0.2) is 27.8 Å². The number of hydrogen-bond acceptors (Lipinski definition) is 4. The minimum atomic E-state index is -1.17. The minimum Gasteiger partial charge on any atom is -0.475 e. The van der Waals surface area contributed by atoms with Crippen LogP contribution < -0.4 is 0 Å². The summed E-state index contributed by atoms with van der Waals surface area (Å²) in [5.41, 5.74) is 0. The number of carbonyl (C=O) groups excluding carboxylic acids is 2. The largest absolute Gasteiger partial charge is 0.475 e. The summed E-state index contributed by atoms with van der Waals surface area (Å²) in [6.45, 7) is 0.0257. The van der Waals surface area contributed by atoms with Crippen LogP contribution in [0.1, 0.15) is 22.7 Å². The van der Waals surface area contributed by atoms with Crippen LogP contribution in [0.15, 0.2) is 16.5 Å². The third kappa shape index (κ3) is 1.44. The number of piperidine rings is 1. The quantitative estimate of drug-likeness (QED) is 0.770. The molecule has 2 atom stereocenters. The second-order valence-corrected chi connectivity index (χ2v) is 4.28. The number of furan rings is 1. The molecule has 0 radical (unpaired) electrons. The molecule has 2 amide bonds. The van der Waals surface area contributed by atoms with Crippen LogP contribution in [-0.2, 0) is 16.1 Å². The second kappa shape index (κ2) is 3.19. The van der Waals surface area contributed by atoms with Gasteiger partial charge in [-0.2, -0.15) is 0 Å². The summed E-state index contributed by atoms with van der Waals surface area (Å²) in [5, 5.41) is 8.67. The Kier molecular flexibility index (Phi) is 1.89. The Morgan fingerprint density at radius 2 is 2.00 bits per heavy atom. The Labute approximate surface area is 95.8 Å². The molecule has 6 nitrogen and oxygen atoms in total. The van der Waals surface area contributed by atoms with Gasteiger partial charge < -0.3 is 9.52 Å². The van der Waals surface area contributed by atoms with Gasteiger partial charge in [0.25, 0.3) is 0 Å². The van der Waals surface area contributed by atoms with Gasteiger partial charge in [0.2, 0.25) is 17.6 Å². The monoisotopic (exact) mass is 235 g/mol. The maximum atomic E-state index is 11.6. The van der Waals surface area contributed by atoms with E-state index in [0.29, 0.717) is 12.2 Å². The number of carboxylic acid groups (broad SMARTS) is 1. The van der Waals surface area contributed by atoms with Crippen molar-refractivity contribution < 1.29 is 23.9 Å². The zero-order valence-corrected chi connectivity index (χ0v) is 8.75.